The van der Waals surface area contributed by atoms with Crippen molar-refractivity contribution < 1.29 is 8.78 Å². The molecule has 0 aromatic heterocycles. The van der Waals surface area contributed by atoms with Crippen LogP contribution in [0, 0.1) is 0 Å². The Morgan fingerprint density at radius 3 is 2.45 bits per heavy atom. The average Bonchev–Trinajstić information content (AvgIpc) is 2.01. The summed E-state index contributed by atoms with van der Waals surface area (Å²) >= 11 is 0. The lowest BCUT2D eigenvalue weighted by atomic mass is 10.3. The van der Waals surface area contributed by atoms with Gasteiger partial charge in [-0.3, -0.25) is 0 Å². The van der Waals surface area contributed by atoms with E-state index < -0.39 is 5.83 Å². The summed E-state index contributed by atoms with van der Waals surface area (Å²) in [5, 5.41) is 0. The predicted molar refractivity (Wildman–Crippen MR) is 43.5 cm³/mol. The van der Waals surface area contributed by atoms with Crippen LogP contribution >= 0.6 is 0 Å². The molecule has 0 aromatic carbocycles. The van der Waals surface area contributed by atoms with Gasteiger partial charge in [-0.15, -0.1) is 0 Å². The van der Waals surface area contributed by atoms with Crippen molar-refractivity contribution in [2.24, 2.45) is 0 Å². The normalized spacial score (nSPS) is 13.4. The number of rotatable bonds is 4. The van der Waals surface area contributed by atoms with E-state index >= 15 is 0 Å². The smallest absolute Gasteiger partial charge is 0.119 e. The fourth-order valence-electron chi connectivity index (χ4n) is 0.583. The van der Waals surface area contributed by atoms with Gasteiger partial charge >= 0.3 is 0 Å². The highest BCUT2D eigenvalue weighted by atomic mass is 19.1. The molecule has 0 bridgehead atoms. The van der Waals surface area contributed by atoms with Crippen LogP contribution in [0.1, 0.15) is 19.8 Å². The Labute approximate surface area is 65.9 Å². The first-order chi connectivity index (χ1) is 5.20. The molecule has 0 unspecified atom stereocenters. The fourth-order valence-corrected chi connectivity index (χ4v) is 0.583. The molecule has 0 fully saturated rings. The molecule has 0 nitrogen and oxygen atoms in total. The molecule has 0 N–H and O–H groups in total. The maximum absolute atomic E-state index is 12.5. The molecule has 0 atom stereocenters. The topological polar surface area (TPSA) is 0 Å². The highest BCUT2D eigenvalue weighted by molar-refractivity contribution is 5.10. The maximum atomic E-state index is 12.5. The van der Waals surface area contributed by atoms with E-state index in [9.17, 15) is 8.78 Å². The Hall–Kier alpha value is -0.920. The van der Waals surface area contributed by atoms with Crippen LogP contribution in [-0.4, -0.2) is 0 Å². The number of allylic oxidation sites excluding steroid dienone is 5. The van der Waals surface area contributed by atoms with Crippen molar-refractivity contribution in [3.8, 4) is 0 Å². The number of hydrogen-bond donors (Lipinski definition) is 0. The minimum atomic E-state index is -0.482. The summed E-state index contributed by atoms with van der Waals surface area (Å²) in [7, 11) is 0. The second-order valence-electron chi connectivity index (χ2n) is 2.06. The monoisotopic (exact) mass is 158 g/mol. The van der Waals surface area contributed by atoms with Crippen molar-refractivity contribution in [1.29, 1.82) is 0 Å². The van der Waals surface area contributed by atoms with Crippen molar-refractivity contribution in [2.75, 3.05) is 0 Å². The third-order valence-corrected chi connectivity index (χ3v) is 1.11. The van der Waals surface area contributed by atoms with Crippen LogP contribution in [0.2, 0.25) is 0 Å². The van der Waals surface area contributed by atoms with Crippen molar-refractivity contribution in [1.82, 2.24) is 0 Å². The zero-order chi connectivity index (χ0) is 8.69. The molecule has 0 saturated heterocycles. The first-order valence-corrected chi connectivity index (χ1v) is 3.53. The van der Waals surface area contributed by atoms with E-state index in [0.29, 0.717) is 6.42 Å². The third kappa shape index (κ3) is 5.52. The number of hydrogen-bond acceptors (Lipinski definition) is 0. The molecule has 0 aliphatic heterocycles. The molecule has 62 valence electrons. The van der Waals surface area contributed by atoms with E-state index in [1.165, 1.54) is 6.08 Å². The molecule has 2 heteroatoms. The van der Waals surface area contributed by atoms with Gasteiger partial charge in [0.2, 0.25) is 0 Å². The average molecular weight is 158 g/mol. The summed E-state index contributed by atoms with van der Waals surface area (Å²) in [6, 6.07) is 0. The standard InChI is InChI=1S/C9H12F2/c1-3-5-9(11)7-6-8(10)4-2/h4-6H,2-3,7H2,1H3/b8-6?,9-5+. The van der Waals surface area contributed by atoms with Gasteiger partial charge in [-0.1, -0.05) is 19.6 Å². The summed E-state index contributed by atoms with van der Waals surface area (Å²) in [5.74, 6) is -0.783. The van der Waals surface area contributed by atoms with E-state index in [4.69, 9.17) is 0 Å². The zero-order valence-corrected chi connectivity index (χ0v) is 6.61. The first-order valence-electron chi connectivity index (χ1n) is 3.53. The van der Waals surface area contributed by atoms with Gasteiger partial charge in [0, 0.05) is 6.42 Å². The van der Waals surface area contributed by atoms with E-state index in [2.05, 4.69) is 6.58 Å². The summed E-state index contributed by atoms with van der Waals surface area (Å²) in [4.78, 5) is 0. The summed E-state index contributed by atoms with van der Waals surface area (Å²) < 4.78 is 24.8. The molecule has 0 saturated carbocycles. The van der Waals surface area contributed by atoms with Gasteiger partial charge in [-0.2, -0.15) is 0 Å². The highest BCUT2D eigenvalue weighted by Crippen LogP contribution is 2.08. The molecule has 0 rings (SSSR count). The molecule has 0 amide bonds. The van der Waals surface area contributed by atoms with E-state index in [1.54, 1.807) is 0 Å². The minimum Gasteiger partial charge on any atom is -0.212 e. The molecule has 0 heterocycles. The van der Waals surface area contributed by atoms with Crippen LogP contribution in [0.15, 0.2) is 36.5 Å². The number of halogens is 2. The van der Waals surface area contributed by atoms with E-state index in [-0.39, 0.29) is 12.2 Å². The van der Waals surface area contributed by atoms with Crippen LogP contribution in [-0.2, 0) is 0 Å². The molecule has 0 aromatic rings. The molecule has 0 radical (unpaired) electrons. The van der Waals surface area contributed by atoms with Gasteiger partial charge in [0.05, 0.1) is 5.83 Å². The molecule has 11 heavy (non-hydrogen) atoms. The zero-order valence-electron chi connectivity index (χ0n) is 6.61. The third-order valence-electron chi connectivity index (χ3n) is 1.11. The van der Waals surface area contributed by atoms with Gasteiger partial charge < -0.3 is 0 Å². The lowest BCUT2D eigenvalue weighted by Crippen LogP contribution is -1.72. The van der Waals surface area contributed by atoms with Crippen molar-refractivity contribution >= 4 is 0 Å². The van der Waals surface area contributed by atoms with Crippen LogP contribution < -0.4 is 0 Å². The molecular weight excluding hydrogens is 146 g/mol. The van der Waals surface area contributed by atoms with Crippen molar-refractivity contribution in [3.63, 3.8) is 0 Å². The second-order valence-corrected chi connectivity index (χ2v) is 2.06. The summed E-state index contributed by atoms with van der Waals surface area (Å²) in [6.07, 6.45) is 4.29. The van der Waals surface area contributed by atoms with E-state index in [0.717, 1.165) is 12.2 Å². The lowest BCUT2D eigenvalue weighted by Gasteiger charge is -1.89. The minimum absolute atomic E-state index is 0.0195. The SMILES string of the molecule is C=CC(F)=CC/C(F)=C\CC. The fraction of sp³-hybridized carbons (Fsp3) is 0.333. The van der Waals surface area contributed by atoms with Crippen LogP contribution in [0.3, 0.4) is 0 Å². The van der Waals surface area contributed by atoms with Gasteiger partial charge in [0.25, 0.3) is 0 Å². The first kappa shape index (κ1) is 10.1. The van der Waals surface area contributed by atoms with Gasteiger partial charge in [0.15, 0.2) is 0 Å². The molecule has 0 aliphatic rings. The predicted octanol–water partition coefficient (Wildman–Crippen LogP) is 3.68. The largest absolute Gasteiger partial charge is 0.212 e. The Morgan fingerprint density at radius 1 is 1.36 bits per heavy atom. The van der Waals surface area contributed by atoms with Crippen molar-refractivity contribution in [3.05, 3.63) is 36.5 Å². The van der Waals surface area contributed by atoms with Gasteiger partial charge in [-0.25, -0.2) is 8.78 Å². The maximum Gasteiger partial charge on any atom is 0.119 e. The molecular formula is C9H12F2. The Morgan fingerprint density at radius 2 is 2.00 bits per heavy atom. The Bertz CT molecular complexity index is 178. The van der Waals surface area contributed by atoms with Crippen LogP contribution in [0.5, 0.6) is 0 Å². The molecule has 0 aliphatic carbocycles. The van der Waals surface area contributed by atoms with E-state index in [1.807, 2.05) is 6.92 Å². The Balaban J connectivity index is 3.87. The second kappa shape index (κ2) is 5.83. The van der Waals surface area contributed by atoms with Crippen LogP contribution in [0.4, 0.5) is 8.78 Å². The van der Waals surface area contributed by atoms with Gasteiger partial charge in [0.1, 0.15) is 5.83 Å². The highest BCUT2D eigenvalue weighted by Gasteiger charge is 1.91. The summed E-state index contributed by atoms with van der Waals surface area (Å²) in [5.41, 5.74) is 0. The molecule has 0 spiro atoms. The van der Waals surface area contributed by atoms with Gasteiger partial charge in [-0.05, 0) is 18.6 Å². The Kier molecular flexibility index (Phi) is 5.35. The summed E-state index contributed by atoms with van der Waals surface area (Å²) in [6.45, 7) is 5.03. The van der Waals surface area contributed by atoms with Crippen molar-refractivity contribution in [2.45, 2.75) is 19.8 Å². The van der Waals surface area contributed by atoms with Crippen LogP contribution in [0.25, 0.3) is 0 Å². The lowest BCUT2D eigenvalue weighted by molar-refractivity contribution is 0.602. The quantitative estimate of drug-likeness (QED) is 0.547.